The Bertz CT molecular complexity index is 591. The highest BCUT2D eigenvalue weighted by Crippen LogP contribution is 2.39. The molecule has 5 heteroatoms. The minimum atomic E-state index is -0.861. The zero-order valence-electron chi connectivity index (χ0n) is 16.5. The molecule has 0 bridgehead atoms. The molecule has 1 aromatic carbocycles. The fourth-order valence-corrected chi connectivity index (χ4v) is 4.25. The minimum Gasteiger partial charge on any atom is -0.491 e. The molecule has 3 rings (SSSR count). The van der Waals surface area contributed by atoms with Crippen LogP contribution in [0.15, 0.2) is 12.1 Å². The summed E-state index contributed by atoms with van der Waals surface area (Å²) >= 11 is 0. The Morgan fingerprint density at radius 2 is 1.70 bits per heavy atom. The third-order valence-corrected chi connectivity index (χ3v) is 6.09. The quantitative estimate of drug-likeness (QED) is 0.595. The van der Waals surface area contributed by atoms with Crippen molar-refractivity contribution in [3.8, 4) is 5.75 Å². The Morgan fingerprint density at radius 3 is 2.33 bits per heavy atom. The standard InChI is InChI=1S/C22H32F2O3/c1-3-15-7-12-20(26-13-15)27-14-16-5-8-17(9-6-16)18-10-11-19(25-4-2)22(24)21(18)23/h10-11,15-17,20H,3-9,12-14H2,1-2H3. The number of ether oxygens (including phenoxy) is 3. The van der Waals surface area contributed by atoms with Crippen LogP contribution in [-0.4, -0.2) is 26.1 Å². The number of hydrogen-bond donors (Lipinski definition) is 0. The molecule has 0 aromatic heterocycles. The molecule has 2 aliphatic rings. The van der Waals surface area contributed by atoms with E-state index in [1.54, 1.807) is 19.1 Å². The maximum Gasteiger partial charge on any atom is 0.200 e. The van der Waals surface area contributed by atoms with E-state index < -0.39 is 11.6 Å². The maximum atomic E-state index is 14.4. The van der Waals surface area contributed by atoms with E-state index in [0.29, 0.717) is 30.6 Å². The Labute approximate surface area is 161 Å². The summed E-state index contributed by atoms with van der Waals surface area (Å²) in [5, 5.41) is 0. The third kappa shape index (κ3) is 5.20. The van der Waals surface area contributed by atoms with Crippen molar-refractivity contribution >= 4 is 0 Å². The van der Waals surface area contributed by atoms with Crippen molar-refractivity contribution in [1.82, 2.24) is 0 Å². The molecule has 2 fully saturated rings. The van der Waals surface area contributed by atoms with E-state index in [1.807, 2.05) is 0 Å². The summed E-state index contributed by atoms with van der Waals surface area (Å²) in [5.41, 5.74) is 0.483. The normalized spacial score (nSPS) is 28.9. The molecule has 0 amide bonds. The van der Waals surface area contributed by atoms with Crippen LogP contribution < -0.4 is 4.74 Å². The highest BCUT2D eigenvalue weighted by Gasteiger charge is 2.28. The Hall–Kier alpha value is -1.20. The molecule has 27 heavy (non-hydrogen) atoms. The van der Waals surface area contributed by atoms with Gasteiger partial charge in [0.05, 0.1) is 19.8 Å². The molecular formula is C22H32F2O3. The molecule has 0 spiro atoms. The van der Waals surface area contributed by atoms with Gasteiger partial charge in [0.1, 0.15) is 0 Å². The SMILES string of the molecule is CCOc1ccc(C2CCC(COC3CCC(CC)CO3)CC2)c(F)c1F. The van der Waals surface area contributed by atoms with Crippen LogP contribution >= 0.6 is 0 Å². The summed E-state index contributed by atoms with van der Waals surface area (Å²) in [4.78, 5) is 0. The smallest absolute Gasteiger partial charge is 0.200 e. The molecule has 3 nitrogen and oxygen atoms in total. The highest BCUT2D eigenvalue weighted by molar-refractivity contribution is 5.33. The molecule has 2 atom stereocenters. The fourth-order valence-electron chi connectivity index (χ4n) is 4.25. The maximum absolute atomic E-state index is 14.4. The fraction of sp³-hybridized carbons (Fsp3) is 0.727. The molecular weight excluding hydrogens is 350 g/mol. The molecule has 2 unspecified atom stereocenters. The Balaban J connectivity index is 1.46. The van der Waals surface area contributed by atoms with E-state index in [0.717, 1.165) is 38.7 Å². The summed E-state index contributed by atoms with van der Waals surface area (Å²) in [6.45, 7) is 5.79. The van der Waals surface area contributed by atoms with Crippen molar-refractivity contribution in [2.45, 2.75) is 71.0 Å². The van der Waals surface area contributed by atoms with Crippen LogP contribution in [0.4, 0.5) is 8.78 Å². The Kier molecular flexibility index (Phi) is 7.48. The predicted molar refractivity (Wildman–Crippen MR) is 101 cm³/mol. The van der Waals surface area contributed by atoms with E-state index >= 15 is 0 Å². The summed E-state index contributed by atoms with van der Waals surface area (Å²) in [6.07, 6.45) is 6.93. The van der Waals surface area contributed by atoms with Crippen LogP contribution in [0.25, 0.3) is 0 Å². The van der Waals surface area contributed by atoms with Crippen LogP contribution in [-0.2, 0) is 9.47 Å². The van der Waals surface area contributed by atoms with Crippen LogP contribution in [0, 0.1) is 23.5 Å². The molecule has 0 radical (unpaired) electrons. The average Bonchev–Trinajstić information content (AvgIpc) is 2.71. The number of benzene rings is 1. The first-order valence-corrected chi connectivity index (χ1v) is 10.5. The van der Waals surface area contributed by atoms with E-state index in [2.05, 4.69) is 6.92 Å². The van der Waals surface area contributed by atoms with Gasteiger partial charge < -0.3 is 14.2 Å². The second-order valence-corrected chi connectivity index (χ2v) is 7.88. The van der Waals surface area contributed by atoms with Gasteiger partial charge in [-0.25, -0.2) is 4.39 Å². The van der Waals surface area contributed by atoms with Crippen molar-refractivity contribution < 1.29 is 23.0 Å². The second-order valence-electron chi connectivity index (χ2n) is 7.88. The molecule has 1 heterocycles. The second kappa shape index (κ2) is 9.83. The molecule has 1 aliphatic heterocycles. The van der Waals surface area contributed by atoms with Gasteiger partial charge in [-0.2, -0.15) is 4.39 Å². The molecule has 0 N–H and O–H groups in total. The van der Waals surface area contributed by atoms with Crippen molar-refractivity contribution in [3.63, 3.8) is 0 Å². The van der Waals surface area contributed by atoms with Gasteiger partial charge in [-0.3, -0.25) is 0 Å². The third-order valence-electron chi connectivity index (χ3n) is 6.09. The first-order chi connectivity index (χ1) is 13.1. The molecule has 1 saturated carbocycles. The number of halogens is 2. The van der Waals surface area contributed by atoms with Gasteiger partial charge in [0, 0.05) is 0 Å². The molecule has 1 aromatic rings. The lowest BCUT2D eigenvalue weighted by Gasteiger charge is -2.32. The van der Waals surface area contributed by atoms with Gasteiger partial charge in [0.25, 0.3) is 0 Å². The van der Waals surface area contributed by atoms with Gasteiger partial charge in [0.2, 0.25) is 5.82 Å². The lowest BCUT2D eigenvalue weighted by molar-refractivity contribution is -0.182. The highest BCUT2D eigenvalue weighted by atomic mass is 19.2. The average molecular weight is 382 g/mol. The number of rotatable bonds is 7. The van der Waals surface area contributed by atoms with Gasteiger partial charge in [-0.15, -0.1) is 0 Å². The van der Waals surface area contributed by atoms with Gasteiger partial charge in [-0.05, 0) is 74.8 Å². The molecule has 1 aliphatic carbocycles. The van der Waals surface area contributed by atoms with Crippen LogP contribution in [0.3, 0.4) is 0 Å². The number of hydrogen-bond acceptors (Lipinski definition) is 3. The summed E-state index contributed by atoms with van der Waals surface area (Å²) in [7, 11) is 0. The van der Waals surface area contributed by atoms with Crippen molar-refractivity contribution in [1.29, 1.82) is 0 Å². The zero-order chi connectivity index (χ0) is 19.2. The van der Waals surface area contributed by atoms with Crippen LogP contribution in [0.1, 0.15) is 70.3 Å². The zero-order valence-corrected chi connectivity index (χ0v) is 16.5. The summed E-state index contributed by atoms with van der Waals surface area (Å²) < 4.78 is 45.5. The predicted octanol–water partition coefficient (Wildman–Crippen LogP) is 5.82. The van der Waals surface area contributed by atoms with Crippen LogP contribution in [0.5, 0.6) is 5.75 Å². The molecule has 152 valence electrons. The topological polar surface area (TPSA) is 27.7 Å². The lowest BCUT2D eigenvalue weighted by Crippen LogP contribution is -2.30. The van der Waals surface area contributed by atoms with Gasteiger partial charge in [-0.1, -0.05) is 19.4 Å². The Morgan fingerprint density at radius 1 is 0.963 bits per heavy atom. The first kappa shape index (κ1) is 20.5. The van der Waals surface area contributed by atoms with Crippen molar-refractivity contribution in [2.75, 3.05) is 19.8 Å². The van der Waals surface area contributed by atoms with Gasteiger partial charge in [0.15, 0.2) is 17.9 Å². The summed E-state index contributed by atoms with van der Waals surface area (Å²) in [5.74, 6) is -0.392. The monoisotopic (exact) mass is 382 g/mol. The van der Waals surface area contributed by atoms with E-state index in [9.17, 15) is 8.78 Å². The first-order valence-electron chi connectivity index (χ1n) is 10.5. The van der Waals surface area contributed by atoms with E-state index in [1.165, 1.54) is 12.8 Å². The van der Waals surface area contributed by atoms with Crippen LogP contribution in [0.2, 0.25) is 0 Å². The summed E-state index contributed by atoms with van der Waals surface area (Å²) in [6, 6.07) is 3.24. The lowest BCUT2D eigenvalue weighted by atomic mass is 9.79. The minimum absolute atomic E-state index is 0.00127. The van der Waals surface area contributed by atoms with Crippen molar-refractivity contribution in [2.24, 2.45) is 11.8 Å². The van der Waals surface area contributed by atoms with E-state index in [-0.39, 0.29) is 18.0 Å². The van der Waals surface area contributed by atoms with E-state index in [4.69, 9.17) is 14.2 Å². The largest absolute Gasteiger partial charge is 0.491 e. The molecule has 1 saturated heterocycles. The van der Waals surface area contributed by atoms with Crippen molar-refractivity contribution in [3.05, 3.63) is 29.3 Å². The van der Waals surface area contributed by atoms with Gasteiger partial charge >= 0.3 is 0 Å².